The average molecular weight is 164 g/mol. The normalized spacial score (nSPS) is 9.58. The third kappa shape index (κ3) is 1.62. The predicted molar refractivity (Wildman–Crippen MR) is 47.5 cm³/mol. The molecule has 0 saturated carbocycles. The molecule has 0 aliphatic heterocycles. The van der Waals surface area contributed by atoms with E-state index in [0.29, 0.717) is 5.56 Å². The Bertz CT molecular complexity index is 294. The summed E-state index contributed by atoms with van der Waals surface area (Å²) in [4.78, 5) is 11.4. The molecule has 1 rings (SSSR count). The van der Waals surface area contributed by atoms with Crippen LogP contribution < -0.4 is 5.84 Å². The molecule has 0 spiro atoms. The minimum atomic E-state index is -0.159. The number of hydrazine groups is 1. The van der Waals surface area contributed by atoms with E-state index < -0.39 is 0 Å². The summed E-state index contributed by atoms with van der Waals surface area (Å²) in [6, 6.07) is 7.37. The third-order valence-electron chi connectivity index (χ3n) is 1.70. The molecule has 0 atom stereocenters. The number of nitrogens with two attached hydrogens (primary N) is 1. The fourth-order valence-electron chi connectivity index (χ4n) is 1.00. The highest BCUT2D eigenvalue weighted by atomic mass is 16.2. The van der Waals surface area contributed by atoms with Crippen molar-refractivity contribution in [2.24, 2.45) is 5.84 Å². The molecule has 0 heterocycles. The second-order valence-corrected chi connectivity index (χ2v) is 2.73. The van der Waals surface area contributed by atoms with Gasteiger partial charge in [0.15, 0.2) is 0 Å². The number of hydrogen-bond donors (Lipinski definition) is 1. The van der Waals surface area contributed by atoms with E-state index in [1.165, 1.54) is 7.05 Å². The van der Waals surface area contributed by atoms with Crippen molar-refractivity contribution in [1.29, 1.82) is 0 Å². The maximum Gasteiger partial charge on any atom is 0.267 e. The molecule has 0 aliphatic rings. The molecule has 3 heteroatoms. The second kappa shape index (κ2) is 3.36. The zero-order valence-corrected chi connectivity index (χ0v) is 7.24. The van der Waals surface area contributed by atoms with Crippen molar-refractivity contribution < 1.29 is 4.79 Å². The van der Waals surface area contributed by atoms with Gasteiger partial charge in [0.05, 0.1) is 0 Å². The highest BCUT2D eigenvalue weighted by Crippen LogP contribution is 2.07. The molecule has 3 nitrogen and oxygen atoms in total. The van der Waals surface area contributed by atoms with E-state index in [4.69, 9.17) is 5.84 Å². The Morgan fingerprint density at radius 1 is 1.42 bits per heavy atom. The van der Waals surface area contributed by atoms with Crippen LogP contribution in [0.4, 0.5) is 0 Å². The lowest BCUT2D eigenvalue weighted by atomic mass is 10.1. The SMILES string of the molecule is Cc1ccccc1C(=O)N(C)N. The Balaban J connectivity index is 3.03. The average Bonchev–Trinajstić information content (AvgIpc) is 2.04. The molecule has 0 aromatic heterocycles. The summed E-state index contributed by atoms with van der Waals surface area (Å²) in [5, 5.41) is 1.09. The minimum absolute atomic E-state index is 0.159. The summed E-state index contributed by atoms with van der Waals surface area (Å²) in [5.74, 6) is 5.16. The molecule has 0 radical (unpaired) electrons. The maximum absolute atomic E-state index is 11.4. The van der Waals surface area contributed by atoms with Gasteiger partial charge in [0.2, 0.25) is 0 Å². The molecule has 2 N–H and O–H groups in total. The molecule has 0 bridgehead atoms. The van der Waals surface area contributed by atoms with E-state index in [1.807, 2.05) is 25.1 Å². The molecular formula is C9H12N2O. The molecule has 1 amide bonds. The number of nitrogens with zero attached hydrogens (tertiary/aromatic N) is 1. The van der Waals surface area contributed by atoms with Gasteiger partial charge in [-0.3, -0.25) is 9.80 Å². The number of amides is 1. The molecule has 64 valence electrons. The van der Waals surface area contributed by atoms with Gasteiger partial charge in [0.1, 0.15) is 0 Å². The first-order valence-corrected chi connectivity index (χ1v) is 3.71. The topological polar surface area (TPSA) is 46.3 Å². The van der Waals surface area contributed by atoms with Crippen LogP contribution >= 0.6 is 0 Å². The van der Waals surface area contributed by atoms with Gasteiger partial charge >= 0.3 is 0 Å². The summed E-state index contributed by atoms with van der Waals surface area (Å²) in [5.41, 5.74) is 1.60. The van der Waals surface area contributed by atoms with Gasteiger partial charge in [-0.1, -0.05) is 18.2 Å². The van der Waals surface area contributed by atoms with Crippen LogP contribution in [0.3, 0.4) is 0 Å². The molecule has 0 unspecified atom stereocenters. The largest absolute Gasteiger partial charge is 0.280 e. The number of carbonyl (C=O) groups excluding carboxylic acids is 1. The fraction of sp³-hybridized carbons (Fsp3) is 0.222. The second-order valence-electron chi connectivity index (χ2n) is 2.73. The minimum Gasteiger partial charge on any atom is -0.280 e. The lowest BCUT2D eigenvalue weighted by Crippen LogP contribution is -2.33. The van der Waals surface area contributed by atoms with Crippen molar-refractivity contribution in [2.45, 2.75) is 6.92 Å². The Morgan fingerprint density at radius 3 is 2.50 bits per heavy atom. The summed E-state index contributed by atoms with van der Waals surface area (Å²) in [6.07, 6.45) is 0. The molecule has 0 aliphatic carbocycles. The van der Waals surface area contributed by atoms with Crippen molar-refractivity contribution in [2.75, 3.05) is 7.05 Å². The van der Waals surface area contributed by atoms with Crippen molar-refractivity contribution in [1.82, 2.24) is 5.01 Å². The van der Waals surface area contributed by atoms with Crippen LogP contribution in [0, 0.1) is 6.92 Å². The van der Waals surface area contributed by atoms with Gasteiger partial charge in [0, 0.05) is 12.6 Å². The number of rotatable bonds is 1. The Labute approximate surface area is 71.8 Å². The van der Waals surface area contributed by atoms with E-state index in [-0.39, 0.29) is 5.91 Å². The molecular weight excluding hydrogens is 152 g/mol. The standard InChI is InChI=1S/C9H12N2O/c1-7-5-3-4-6-8(7)9(12)11(2)10/h3-6H,10H2,1-2H3. The van der Waals surface area contributed by atoms with Crippen LogP contribution in [0.1, 0.15) is 15.9 Å². The predicted octanol–water partition coefficient (Wildman–Crippen LogP) is 0.941. The quantitative estimate of drug-likeness (QED) is 0.381. The summed E-state index contributed by atoms with van der Waals surface area (Å²) < 4.78 is 0. The van der Waals surface area contributed by atoms with Gasteiger partial charge in [-0.2, -0.15) is 0 Å². The first-order chi connectivity index (χ1) is 5.63. The lowest BCUT2D eigenvalue weighted by Gasteiger charge is -2.11. The Hall–Kier alpha value is -1.35. The third-order valence-corrected chi connectivity index (χ3v) is 1.70. The first-order valence-electron chi connectivity index (χ1n) is 3.71. The summed E-state index contributed by atoms with van der Waals surface area (Å²) >= 11 is 0. The van der Waals surface area contributed by atoms with Gasteiger partial charge < -0.3 is 0 Å². The van der Waals surface area contributed by atoms with Crippen LogP contribution in [0.15, 0.2) is 24.3 Å². The monoisotopic (exact) mass is 164 g/mol. The number of hydrogen-bond acceptors (Lipinski definition) is 2. The molecule has 0 fully saturated rings. The number of benzene rings is 1. The highest BCUT2D eigenvalue weighted by Gasteiger charge is 2.09. The lowest BCUT2D eigenvalue weighted by molar-refractivity contribution is 0.0794. The maximum atomic E-state index is 11.4. The number of carbonyl (C=O) groups is 1. The van der Waals surface area contributed by atoms with Gasteiger partial charge in [0.25, 0.3) is 5.91 Å². The fourth-order valence-corrected chi connectivity index (χ4v) is 1.00. The Kier molecular flexibility index (Phi) is 2.45. The van der Waals surface area contributed by atoms with E-state index in [2.05, 4.69) is 0 Å². The van der Waals surface area contributed by atoms with Crippen molar-refractivity contribution in [3.05, 3.63) is 35.4 Å². The van der Waals surface area contributed by atoms with Gasteiger partial charge in [-0.05, 0) is 18.6 Å². The van der Waals surface area contributed by atoms with Crippen molar-refractivity contribution in [3.8, 4) is 0 Å². The first kappa shape index (κ1) is 8.74. The van der Waals surface area contributed by atoms with Crippen molar-refractivity contribution in [3.63, 3.8) is 0 Å². The van der Waals surface area contributed by atoms with Gasteiger partial charge in [-0.15, -0.1) is 0 Å². The summed E-state index contributed by atoms with van der Waals surface area (Å²) in [7, 11) is 1.54. The Morgan fingerprint density at radius 2 is 2.00 bits per heavy atom. The zero-order chi connectivity index (χ0) is 9.14. The molecule has 12 heavy (non-hydrogen) atoms. The van der Waals surface area contributed by atoms with Crippen LogP contribution in [-0.4, -0.2) is 18.0 Å². The van der Waals surface area contributed by atoms with Crippen LogP contribution in [0.25, 0.3) is 0 Å². The van der Waals surface area contributed by atoms with E-state index in [1.54, 1.807) is 6.07 Å². The highest BCUT2D eigenvalue weighted by molar-refractivity contribution is 5.94. The van der Waals surface area contributed by atoms with E-state index in [0.717, 1.165) is 10.6 Å². The summed E-state index contributed by atoms with van der Waals surface area (Å²) in [6.45, 7) is 1.89. The van der Waals surface area contributed by atoms with Gasteiger partial charge in [-0.25, -0.2) is 5.84 Å². The molecule has 1 aromatic carbocycles. The van der Waals surface area contributed by atoms with Crippen LogP contribution in [0.5, 0.6) is 0 Å². The van der Waals surface area contributed by atoms with Crippen LogP contribution in [0.2, 0.25) is 0 Å². The van der Waals surface area contributed by atoms with E-state index in [9.17, 15) is 4.79 Å². The smallest absolute Gasteiger partial charge is 0.267 e. The van der Waals surface area contributed by atoms with Crippen LogP contribution in [-0.2, 0) is 0 Å². The number of aryl methyl sites for hydroxylation is 1. The van der Waals surface area contributed by atoms with E-state index >= 15 is 0 Å². The zero-order valence-electron chi connectivity index (χ0n) is 7.24. The molecule has 0 saturated heterocycles. The molecule has 1 aromatic rings. The van der Waals surface area contributed by atoms with Crippen molar-refractivity contribution >= 4 is 5.91 Å².